The number of benzene rings is 2. The molecule has 0 spiro atoms. The highest BCUT2D eigenvalue weighted by atomic mass is 19.1. The molecule has 1 aromatic heterocycles. The van der Waals surface area contributed by atoms with E-state index in [1.165, 1.54) is 12.1 Å². The van der Waals surface area contributed by atoms with Gasteiger partial charge in [0.25, 0.3) is 0 Å². The Kier molecular flexibility index (Phi) is 4.24. The lowest BCUT2D eigenvalue weighted by Gasteiger charge is -2.22. The number of aryl methyl sites for hydroxylation is 1. The number of fused-ring (bicyclic) bond motifs is 1. The van der Waals surface area contributed by atoms with Gasteiger partial charge in [0, 0.05) is 0 Å². The summed E-state index contributed by atoms with van der Waals surface area (Å²) in [4.78, 5) is 15.1. The summed E-state index contributed by atoms with van der Waals surface area (Å²) in [6, 6.07) is 11.5. The topological polar surface area (TPSA) is 33.5 Å². The third kappa shape index (κ3) is 2.85. The van der Waals surface area contributed by atoms with Crippen molar-refractivity contribution in [1.82, 2.24) is 4.90 Å². The van der Waals surface area contributed by atoms with Gasteiger partial charge in [0.05, 0.1) is 17.0 Å². The summed E-state index contributed by atoms with van der Waals surface area (Å²) in [7, 11) is 3.83. The minimum absolute atomic E-state index is 0.123. The van der Waals surface area contributed by atoms with Crippen LogP contribution in [0.1, 0.15) is 24.3 Å². The molecule has 0 N–H and O–H groups in total. The van der Waals surface area contributed by atoms with Crippen molar-refractivity contribution in [3.8, 4) is 11.1 Å². The minimum atomic E-state index is -0.375. The molecule has 0 saturated heterocycles. The van der Waals surface area contributed by atoms with Gasteiger partial charge in [-0.15, -0.1) is 0 Å². The van der Waals surface area contributed by atoms with Gasteiger partial charge in [-0.25, -0.2) is 4.39 Å². The molecular formula is C20H20FNO2. The predicted octanol–water partition coefficient (Wildman–Crippen LogP) is 4.53. The summed E-state index contributed by atoms with van der Waals surface area (Å²) in [6.07, 6.45) is 0. The fourth-order valence-electron chi connectivity index (χ4n) is 2.77. The van der Waals surface area contributed by atoms with Crippen LogP contribution in [0.15, 0.2) is 51.7 Å². The monoisotopic (exact) mass is 325 g/mol. The molecule has 0 aliphatic carbocycles. The lowest BCUT2D eigenvalue weighted by atomic mass is 9.98. The Hall–Kier alpha value is -2.46. The zero-order valence-electron chi connectivity index (χ0n) is 14.3. The summed E-state index contributed by atoms with van der Waals surface area (Å²) in [5.74, 6) is 0.173. The molecule has 3 aromatic rings. The van der Waals surface area contributed by atoms with Crippen LogP contribution in [0.5, 0.6) is 0 Å². The third-order valence-corrected chi connectivity index (χ3v) is 4.34. The molecule has 0 fully saturated rings. The van der Waals surface area contributed by atoms with Gasteiger partial charge in [0.1, 0.15) is 17.2 Å². The summed E-state index contributed by atoms with van der Waals surface area (Å²) >= 11 is 0. The summed E-state index contributed by atoms with van der Waals surface area (Å²) in [6.45, 7) is 3.89. The van der Waals surface area contributed by atoms with Crippen LogP contribution in [0.25, 0.3) is 22.1 Å². The molecule has 2 aromatic carbocycles. The maximum atomic E-state index is 13.7. The second kappa shape index (κ2) is 6.21. The van der Waals surface area contributed by atoms with E-state index in [0.29, 0.717) is 27.9 Å². The number of rotatable bonds is 3. The molecule has 0 unspecified atom stereocenters. The van der Waals surface area contributed by atoms with Crippen LogP contribution in [-0.4, -0.2) is 19.0 Å². The van der Waals surface area contributed by atoms with Crippen LogP contribution >= 0.6 is 0 Å². The first-order chi connectivity index (χ1) is 11.4. The molecule has 1 heterocycles. The largest absolute Gasteiger partial charge is 0.458 e. The van der Waals surface area contributed by atoms with Crippen molar-refractivity contribution in [2.45, 2.75) is 19.9 Å². The highest BCUT2D eigenvalue weighted by Crippen LogP contribution is 2.31. The standard InChI is InChI=1S/C20H20FNO2/c1-12-8-9-17-16(10-12)19(23)18(14-6-5-7-15(21)11-14)20(24-17)13(2)22(3)4/h5-11,13H,1-4H3/t13-/m0/s1. The molecule has 0 saturated carbocycles. The Bertz CT molecular complexity index is 960. The predicted molar refractivity (Wildman–Crippen MR) is 94.7 cm³/mol. The number of nitrogens with zero attached hydrogens (tertiary/aromatic N) is 1. The molecule has 1 atom stereocenters. The fraction of sp³-hybridized carbons (Fsp3) is 0.250. The van der Waals surface area contributed by atoms with E-state index in [1.54, 1.807) is 12.1 Å². The second-order valence-electron chi connectivity index (χ2n) is 6.32. The highest BCUT2D eigenvalue weighted by molar-refractivity contribution is 5.83. The van der Waals surface area contributed by atoms with Crippen molar-refractivity contribution in [2.24, 2.45) is 0 Å². The molecule has 4 heteroatoms. The van der Waals surface area contributed by atoms with Gasteiger partial charge >= 0.3 is 0 Å². The zero-order chi connectivity index (χ0) is 17.4. The third-order valence-electron chi connectivity index (χ3n) is 4.34. The quantitative estimate of drug-likeness (QED) is 0.709. The van der Waals surface area contributed by atoms with Crippen LogP contribution in [0.2, 0.25) is 0 Å². The van der Waals surface area contributed by atoms with Gasteiger partial charge in [-0.1, -0.05) is 23.8 Å². The van der Waals surface area contributed by atoms with E-state index < -0.39 is 0 Å². The normalized spacial score (nSPS) is 12.8. The van der Waals surface area contributed by atoms with Gasteiger partial charge in [-0.05, 0) is 57.8 Å². The number of halogens is 1. The van der Waals surface area contributed by atoms with Crippen LogP contribution in [0.3, 0.4) is 0 Å². The van der Waals surface area contributed by atoms with Crippen molar-refractivity contribution in [2.75, 3.05) is 14.1 Å². The van der Waals surface area contributed by atoms with Crippen molar-refractivity contribution < 1.29 is 8.81 Å². The first-order valence-electron chi connectivity index (χ1n) is 7.88. The van der Waals surface area contributed by atoms with Crippen LogP contribution < -0.4 is 5.43 Å². The minimum Gasteiger partial charge on any atom is -0.458 e. The fourth-order valence-corrected chi connectivity index (χ4v) is 2.77. The van der Waals surface area contributed by atoms with E-state index >= 15 is 0 Å². The Balaban J connectivity index is 2.41. The molecular weight excluding hydrogens is 305 g/mol. The van der Waals surface area contributed by atoms with Crippen LogP contribution in [-0.2, 0) is 0 Å². The molecule has 0 bridgehead atoms. The Morgan fingerprint density at radius 1 is 1.12 bits per heavy atom. The maximum absolute atomic E-state index is 13.7. The van der Waals surface area contributed by atoms with Crippen LogP contribution in [0, 0.1) is 12.7 Å². The number of hydrogen-bond acceptors (Lipinski definition) is 3. The zero-order valence-corrected chi connectivity index (χ0v) is 14.3. The molecule has 3 nitrogen and oxygen atoms in total. The van der Waals surface area contributed by atoms with Crippen molar-refractivity contribution in [1.29, 1.82) is 0 Å². The summed E-state index contributed by atoms with van der Waals surface area (Å²) < 4.78 is 19.8. The molecule has 0 aliphatic heterocycles. The highest BCUT2D eigenvalue weighted by Gasteiger charge is 2.22. The summed E-state index contributed by atoms with van der Waals surface area (Å²) in [5.41, 5.74) is 2.36. The van der Waals surface area contributed by atoms with E-state index in [0.717, 1.165) is 5.56 Å². The maximum Gasteiger partial charge on any atom is 0.200 e. The van der Waals surface area contributed by atoms with E-state index in [-0.39, 0.29) is 17.3 Å². The Morgan fingerprint density at radius 3 is 2.54 bits per heavy atom. The van der Waals surface area contributed by atoms with Gasteiger partial charge in [-0.3, -0.25) is 9.69 Å². The van der Waals surface area contributed by atoms with Crippen LogP contribution in [0.4, 0.5) is 4.39 Å². The van der Waals surface area contributed by atoms with Gasteiger partial charge < -0.3 is 4.42 Å². The van der Waals surface area contributed by atoms with E-state index in [4.69, 9.17) is 4.42 Å². The van der Waals surface area contributed by atoms with Crippen molar-refractivity contribution >= 4 is 11.0 Å². The molecule has 0 aliphatic rings. The van der Waals surface area contributed by atoms with Crippen molar-refractivity contribution in [3.05, 3.63) is 69.8 Å². The molecule has 0 radical (unpaired) electrons. The van der Waals surface area contributed by atoms with Gasteiger partial charge in [0.2, 0.25) is 5.43 Å². The lowest BCUT2D eigenvalue weighted by Crippen LogP contribution is -2.20. The van der Waals surface area contributed by atoms with E-state index in [1.807, 2.05) is 51.0 Å². The lowest BCUT2D eigenvalue weighted by molar-refractivity contribution is 0.281. The SMILES string of the molecule is Cc1ccc2oc([C@H](C)N(C)C)c(-c3cccc(F)c3)c(=O)c2c1. The smallest absolute Gasteiger partial charge is 0.200 e. The average Bonchev–Trinajstić information content (AvgIpc) is 2.54. The molecule has 24 heavy (non-hydrogen) atoms. The van der Waals surface area contributed by atoms with Gasteiger partial charge in [0.15, 0.2) is 0 Å². The van der Waals surface area contributed by atoms with Gasteiger partial charge in [-0.2, -0.15) is 0 Å². The first kappa shape index (κ1) is 16.4. The Morgan fingerprint density at radius 2 is 1.88 bits per heavy atom. The first-order valence-corrected chi connectivity index (χ1v) is 7.88. The molecule has 0 amide bonds. The second-order valence-corrected chi connectivity index (χ2v) is 6.32. The van der Waals surface area contributed by atoms with E-state index in [9.17, 15) is 9.18 Å². The van der Waals surface area contributed by atoms with Crippen molar-refractivity contribution in [3.63, 3.8) is 0 Å². The summed E-state index contributed by atoms with van der Waals surface area (Å²) in [5, 5.41) is 0.518. The Labute approximate surface area is 140 Å². The molecule has 3 rings (SSSR count). The van der Waals surface area contributed by atoms with E-state index in [2.05, 4.69) is 0 Å². The average molecular weight is 325 g/mol. The number of hydrogen-bond donors (Lipinski definition) is 0. The molecule has 124 valence electrons.